The van der Waals surface area contributed by atoms with Gasteiger partial charge in [-0.3, -0.25) is 4.79 Å². The Hall–Kier alpha value is -1.29. The van der Waals surface area contributed by atoms with Gasteiger partial charge in [-0.2, -0.15) is 0 Å². The summed E-state index contributed by atoms with van der Waals surface area (Å²) >= 11 is 5.60. The van der Waals surface area contributed by atoms with Crippen LogP contribution in [0.3, 0.4) is 0 Å². The normalized spacial score (nSPS) is 9.69. The molecule has 0 saturated carbocycles. The molecule has 0 atom stereocenters. The van der Waals surface area contributed by atoms with Crippen LogP contribution in [-0.4, -0.2) is 12.5 Å². The first kappa shape index (κ1) is 9.80. The minimum Gasteiger partial charge on any atom is -0.482 e. The molecule has 0 fully saturated rings. The molecular formula is C8H7ClFNO2. The van der Waals surface area contributed by atoms with Crippen molar-refractivity contribution in [1.82, 2.24) is 0 Å². The monoisotopic (exact) mass is 203 g/mol. The minimum atomic E-state index is -0.611. The highest BCUT2D eigenvalue weighted by Gasteiger charge is 2.03. The fourth-order valence-corrected chi connectivity index (χ4v) is 0.963. The number of halogens is 2. The van der Waals surface area contributed by atoms with Crippen molar-refractivity contribution in [3.05, 3.63) is 29.0 Å². The van der Waals surface area contributed by atoms with Gasteiger partial charge in [0.25, 0.3) is 5.91 Å². The van der Waals surface area contributed by atoms with Crippen molar-refractivity contribution in [1.29, 1.82) is 0 Å². The van der Waals surface area contributed by atoms with Crippen molar-refractivity contribution in [2.75, 3.05) is 6.61 Å². The first-order valence-corrected chi connectivity index (χ1v) is 3.83. The number of carbonyl (C=O) groups excluding carboxylic acids is 1. The van der Waals surface area contributed by atoms with Gasteiger partial charge >= 0.3 is 0 Å². The van der Waals surface area contributed by atoms with E-state index in [0.29, 0.717) is 0 Å². The van der Waals surface area contributed by atoms with E-state index in [4.69, 9.17) is 22.1 Å². The topological polar surface area (TPSA) is 52.3 Å². The summed E-state index contributed by atoms with van der Waals surface area (Å²) in [5, 5.41) is 0.112. The van der Waals surface area contributed by atoms with Crippen LogP contribution < -0.4 is 10.5 Å². The SMILES string of the molecule is NC(=O)COc1ccc(F)cc1Cl. The van der Waals surface area contributed by atoms with Gasteiger partial charge in [-0.05, 0) is 18.2 Å². The molecule has 0 aliphatic heterocycles. The average molecular weight is 204 g/mol. The van der Waals surface area contributed by atoms with E-state index in [0.717, 1.165) is 6.07 Å². The molecule has 0 bridgehead atoms. The Kier molecular flexibility index (Phi) is 3.08. The summed E-state index contributed by atoms with van der Waals surface area (Å²) in [6.45, 7) is -0.272. The molecule has 0 aliphatic rings. The van der Waals surface area contributed by atoms with Crippen LogP contribution in [-0.2, 0) is 4.79 Å². The van der Waals surface area contributed by atoms with Gasteiger partial charge in [0, 0.05) is 0 Å². The lowest BCUT2D eigenvalue weighted by Crippen LogP contribution is -2.20. The molecule has 1 aromatic rings. The molecule has 1 aromatic carbocycles. The van der Waals surface area contributed by atoms with E-state index in [9.17, 15) is 9.18 Å². The molecule has 0 spiro atoms. The highest BCUT2D eigenvalue weighted by molar-refractivity contribution is 6.32. The van der Waals surface area contributed by atoms with E-state index >= 15 is 0 Å². The quantitative estimate of drug-likeness (QED) is 0.806. The van der Waals surface area contributed by atoms with E-state index in [1.807, 2.05) is 0 Å². The molecule has 5 heteroatoms. The smallest absolute Gasteiger partial charge is 0.255 e. The van der Waals surface area contributed by atoms with E-state index < -0.39 is 11.7 Å². The lowest BCUT2D eigenvalue weighted by atomic mass is 10.3. The highest BCUT2D eigenvalue weighted by Crippen LogP contribution is 2.24. The molecule has 0 heterocycles. The van der Waals surface area contributed by atoms with Gasteiger partial charge < -0.3 is 10.5 Å². The van der Waals surface area contributed by atoms with Gasteiger partial charge in [0.2, 0.25) is 0 Å². The zero-order chi connectivity index (χ0) is 9.84. The third-order valence-corrected chi connectivity index (χ3v) is 1.56. The predicted octanol–water partition coefficient (Wildman–Crippen LogP) is 1.34. The lowest BCUT2D eigenvalue weighted by Gasteiger charge is -2.04. The Morgan fingerprint density at radius 3 is 2.85 bits per heavy atom. The number of ether oxygens (including phenoxy) is 1. The Labute approximate surface area is 79.2 Å². The van der Waals surface area contributed by atoms with Crippen LogP contribution in [0.2, 0.25) is 5.02 Å². The van der Waals surface area contributed by atoms with Gasteiger partial charge in [-0.25, -0.2) is 4.39 Å². The van der Waals surface area contributed by atoms with Crippen molar-refractivity contribution < 1.29 is 13.9 Å². The van der Waals surface area contributed by atoms with E-state index in [2.05, 4.69) is 0 Å². The third kappa shape index (κ3) is 2.91. The van der Waals surface area contributed by atoms with Crippen LogP contribution in [0.5, 0.6) is 5.75 Å². The summed E-state index contributed by atoms with van der Waals surface area (Å²) in [6, 6.07) is 3.61. The first-order chi connectivity index (χ1) is 6.09. The molecule has 0 saturated heterocycles. The molecule has 70 valence electrons. The van der Waals surface area contributed by atoms with Crippen LogP contribution >= 0.6 is 11.6 Å². The maximum absolute atomic E-state index is 12.5. The van der Waals surface area contributed by atoms with E-state index in [-0.39, 0.29) is 17.4 Å². The Morgan fingerprint density at radius 2 is 2.31 bits per heavy atom. The summed E-state index contributed by atoms with van der Waals surface area (Å²) < 4.78 is 17.4. The number of carbonyl (C=O) groups is 1. The summed E-state index contributed by atoms with van der Waals surface area (Å²) in [7, 11) is 0. The third-order valence-electron chi connectivity index (χ3n) is 1.26. The summed E-state index contributed by atoms with van der Waals surface area (Å²) in [4.78, 5) is 10.3. The standard InChI is InChI=1S/C8H7ClFNO2/c9-6-3-5(10)1-2-7(6)13-4-8(11)12/h1-3H,4H2,(H2,11,12). The number of nitrogens with two attached hydrogens (primary N) is 1. The lowest BCUT2D eigenvalue weighted by molar-refractivity contribution is -0.119. The number of rotatable bonds is 3. The molecule has 1 amide bonds. The van der Waals surface area contributed by atoms with E-state index in [1.54, 1.807) is 0 Å². The highest BCUT2D eigenvalue weighted by atomic mass is 35.5. The second-order valence-corrected chi connectivity index (χ2v) is 2.74. The molecular weight excluding hydrogens is 197 g/mol. The van der Waals surface area contributed by atoms with Crippen molar-refractivity contribution >= 4 is 17.5 Å². The number of amides is 1. The fourth-order valence-electron chi connectivity index (χ4n) is 0.741. The van der Waals surface area contributed by atoms with Gasteiger partial charge in [0.1, 0.15) is 11.6 Å². The fraction of sp³-hybridized carbons (Fsp3) is 0.125. The summed E-state index contributed by atoms with van der Waals surface area (Å²) in [6.07, 6.45) is 0. The largest absolute Gasteiger partial charge is 0.482 e. The van der Waals surface area contributed by atoms with Gasteiger partial charge in [0.05, 0.1) is 5.02 Å². The predicted molar refractivity (Wildman–Crippen MR) is 46.1 cm³/mol. The van der Waals surface area contributed by atoms with Crippen LogP contribution in [0.25, 0.3) is 0 Å². The second kappa shape index (κ2) is 4.09. The molecule has 2 N–H and O–H groups in total. The number of primary amides is 1. The van der Waals surface area contributed by atoms with Crippen LogP contribution in [0.1, 0.15) is 0 Å². The zero-order valence-corrected chi connectivity index (χ0v) is 7.34. The maximum Gasteiger partial charge on any atom is 0.255 e. The Bertz CT molecular complexity index is 330. The summed E-state index contributed by atoms with van der Waals surface area (Å²) in [5.74, 6) is -0.835. The van der Waals surface area contributed by atoms with Crippen molar-refractivity contribution in [2.24, 2.45) is 5.73 Å². The maximum atomic E-state index is 12.5. The van der Waals surface area contributed by atoms with Crippen LogP contribution in [0, 0.1) is 5.82 Å². The molecule has 0 radical (unpaired) electrons. The van der Waals surface area contributed by atoms with Crippen molar-refractivity contribution in [3.63, 3.8) is 0 Å². The number of benzene rings is 1. The van der Waals surface area contributed by atoms with Crippen molar-refractivity contribution in [2.45, 2.75) is 0 Å². The van der Waals surface area contributed by atoms with Gasteiger partial charge in [-0.15, -0.1) is 0 Å². The molecule has 0 aliphatic carbocycles. The zero-order valence-electron chi connectivity index (χ0n) is 6.59. The number of hydrogen-bond donors (Lipinski definition) is 1. The molecule has 0 unspecified atom stereocenters. The average Bonchev–Trinajstić information content (AvgIpc) is 2.02. The minimum absolute atomic E-state index is 0.112. The van der Waals surface area contributed by atoms with Gasteiger partial charge in [-0.1, -0.05) is 11.6 Å². The first-order valence-electron chi connectivity index (χ1n) is 3.46. The summed E-state index contributed by atoms with van der Waals surface area (Å²) in [5.41, 5.74) is 4.84. The van der Waals surface area contributed by atoms with E-state index in [1.165, 1.54) is 12.1 Å². The van der Waals surface area contributed by atoms with Crippen LogP contribution in [0.4, 0.5) is 4.39 Å². The molecule has 3 nitrogen and oxygen atoms in total. The van der Waals surface area contributed by atoms with Gasteiger partial charge in [0.15, 0.2) is 6.61 Å². The molecule has 0 aromatic heterocycles. The molecule has 1 rings (SSSR count). The Balaban J connectivity index is 2.72. The van der Waals surface area contributed by atoms with Crippen LogP contribution in [0.15, 0.2) is 18.2 Å². The van der Waals surface area contributed by atoms with Crippen molar-refractivity contribution in [3.8, 4) is 5.75 Å². The second-order valence-electron chi connectivity index (χ2n) is 2.33. The molecule has 13 heavy (non-hydrogen) atoms. The Morgan fingerprint density at radius 1 is 1.62 bits per heavy atom. The number of hydrogen-bond acceptors (Lipinski definition) is 2.